The number of Topliss-reactive ketones (excluding diaryl/α,β-unsaturated/α-hetero) is 1. The van der Waals surface area contributed by atoms with Gasteiger partial charge >= 0.3 is 0 Å². The Morgan fingerprint density at radius 3 is 2.47 bits per heavy atom. The van der Waals surface area contributed by atoms with Crippen molar-refractivity contribution in [3.8, 4) is 0 Å². The van der Waals surface area contributed by atoms with Gasteiger partial charge in [0.15, 0.2) is 15.6 Å². The molecule has 3 nitrogen and oxygen atoms in total. The van der Waals surface area contributed by atoms with Crippen LogP contribution in [-0.4, -0.2) is 20.5 Å². The fourth-order valence-corrected chi connectivity index (χ4v) is 2.04. The third-order valence-corrected chi connectivity index (χ3v) is 3.47. The van der Waals surface area contributed by atoms with E-state index >= 15 is 0 Å². The molecule has 0 unspecified atom stereocenters. The second kappa shape index (κ2) is 5.27. The molecule has 0 bridgehead atoms. The molecule has 0 aliphatic rings. The molecule has 0 atom stereocenters. The third kappa shape index (κ3) is 4.15. The Morgan fingerprint density at radius 2 is 1.94 bits per heavy atom. The minimum absolute atomic E-state index is 0.0569. The number of allylic oxidation sites excluding steroid dienone is 1. The van der Waals surface area contributed by atoms with Crippen molar-refractivity contribution in [1.82, 2.24) is 0 Å². The van der Waals surface area contributed by atoms with Crippen LogP contribution in [0.3, 0.4) is 0 Å². The van der Waals surface area contributed by atoms with Crippen molar-refractivity contribution in [3.63, 3.8) is 0 Å². The van der Waals surface area contributed by atoms with Crippen molar-refractivity contribution >= 4 is 15.6 Å². The summed E-state index contributed by atoms with van der Waals surface area (Å²) in [6, 6.07) is 6.14. The normalized spacial score (nSPS) is 11.2. The summed E-state index contributed by atoms with van der Waals surface area (Å²) < 4.78 is 22.7. The fourth-order valence-electron chi connectivity index (χ4n) is 1.37. The van der Waals surface area contributed by atoms with Crippen LogP contribution in [0.25, 0.3) is 0 Å². The number of hydrogen-bond acceptors (Lipinski definition) is 3. The molecule has 1 aromatic carbocycles. The van der Waals surface area contributed by atoms with Crippen LogP contribution < -0.4 is 0 Å². The molecule has 17 heavy (non-hydrogen) atoms. The Bertz CT molecular complexity index is 542. The zero-order chi connectivity index (χ0) is 13.1. The van der Waals surface area contributed by atoms with Crippen LogP contribution >= 0.6 is 0 Å². The number of rotatable bonds is 5. The Morgan fingerprint density at radius 1 is 1.29 bits per heavy atom. The van der Waals surface area contributed by atoms with E-state index in [1.165, 1.54) is 12.1 Å². The van der Waals surface area contributed by atoms with Crippen molar-refractivity contribution in [2.45, 2.75) is 24.7 Å². The van der Waals surface area contributed by atoms with Gasteiger partial charge in [-0.1, -0.05) is 17.7 Å². The van der Waals surface area contributed by atoms with E-state index in [9.17, 15) is 13.2 Å². The SMILES string of the molecule is C=C(C)CCC(=O)c1cccc(S(C)(=O)=O)c1. The van der Waals surface area contributed by atoms with Gasteiger partial charge in [0.1, 0.15) is 0 Å². The predicted octanol–water partition coefficient (Wildman–Crippen LogP) is 2.63. The minimum atomic E-state index is -3.26. The lowest BCUT2D eigenvalue weighted by molar-refractivity contribution is 0.0982. The maximum Gasteiger partial charge on any atom is 0.175 e. The van der Waals surface area contributed by atoms with Crippen LogP contribution in [-0.2, 0) is 9.84 Å². The lowest BCUT2D eigenvalue weighted by Crippen LogP contribution is -2.03. The fraction of sp³-hybridized carbons (Fsp3) is 0.308. The van der Waals surface area contributed by atoms with E-state index in [4.69, 9.17) is 0 Å². The predicted molar refractivity (Wildman–Crippen MR) is 67.9 cm³/mol. The summed E-state index contributed by atoms with van der Waals surface area (Å²) >= 11 is 0. The first-order chi connectivity index (χ1) is 7.80. The average Bonchev–Trinajstić information content (AvgIpc) is 2.25. The van der Waals surface area contributed by atoms with Crippen molar-refractivity contribution in [1.29, 1.82) is 0 Å². The van der Waals surface area contributed by atoms with Crippen LogP contribution in [0, 0.1) is 0 Å². The van der Waals surface area contributed by atoms with Crippen molar-refractivity contribution < 1.29 is 13.2 Å². The molecule has 0 radical (unpaired) electrons. The average molecular weight is 252 g/mol. The lowest BCUT2D eigenvalue weighted by atomic mass is 10.0. The van der Waals surface area contributed by atoms with Crippen LogP contribution in [0.1, 0.15) is 30.1 Å². The first-order valence-electron chi connectivity index (χ1n) is 5.28. The molecule has 0 saturated carbocycles. The summed E-state index contributed by atoms with van der Waals surface area (Å²) in [5, 5.41) is 0. The number of hydrogen-bond donors (Lipinski definition) is 0. The second-order valence-electron chi connectivity index (χ2n) is 4.18. The van der Waals surface area contributed by atoms with E-state index in [-0.39, 0.29) is 10.7 Å². The lowest BCUT2D eigenvalue weighted by Gasteiger charge is -2.03. The maximum absolute atomic E-state index is 11.8. The zero-order valence-corrected chi connectivity index (χ0v) is 10.9. The van der Waals surface area contributed by atoms with Gasteiger partial charge in [-0.25, -0.2) is 8.42 Å². The van der Waals surface area contributed by atoms with E-state index in [0.29, 0.717) is 18.4 Å². The van der Waals surface area contributed by atoms with E-state index in [1.54, 1.807) is 12.1 Å². The van der Waals surface area contributed by atoms with Gasteiger partial charge in [-0.2, -0.15) is 0 Å². The van der Waals surface area contributed by atoms with E-state index in [0.717, 1.165) is 11.8 Å². The molecular weight excluding hydrogens is 236 g/mol. The van der Waals surface area contributed by atoms with E-state index < -0.39 is 9.84 Å². The van der Waals surface area contributed by atoms with Crippen molar-refractivity contribution in [3.05, 3.63) is 42.0 Å². The second-order valence-corrected chi connectivity index (χ2v) is 6.20. The molecule has 1 aromatic rings. The molecule has 0 spiro atoms. The highest BCUT2D eigenvalue weighted by molar-refractivity contribution is 7.90. The highest BCUT2D eigenvalue weighted by Crippen LogP contribution is 2.14. The monoisotopic (exact) mass is 252 g/mol. The number of carbonyl (C=O) groups is 1. The van der Waals surface area contributed by atoms with Gasteiger partial charge in [0.2, 0.25) is 0 Å². The minimum Gasteiger partial charge on any atom is -0.294 e. The van der Waals surface area contributed by atoms with Gasteiger partial charge in [-0.05, 0) is 25.5 Å². The molecule has 0 aliphatic heterocycles. The molecule has 0 aromatic heterocycles. The van der Waals surface area contributed by atoms with E-state index in [2.05, 4.69) is 6.58 Å². The molecule has 0 N–H and O–H groups in total. The van der Waals surface area contributed by atoms with Crippen LogP contribution in [0.5, 0.6) is 0 Å². The molecule has 0 aliphatic carbocycles. The number of sulfone groups is 1. The molecule has 0 heterocycles. The van der Waals surface area contributed by atoms with Gasteiger partial charge in [0.25, 0.3) is 0 Å². The van der Waals surface area contributed by atoms with Crippen molar-refractivity contribution in [2.75, 3.05) is 6.26 Å². The Kier molecular flexibility index (Phi) is 4.23. The van der Waals surface area contributed by atoms with Crippen LogP contribution in [0.2, 0.25) is 0 Å². The molecule has 1 rings (SSSR count). The summed E-state index contributed by atoms with van der Waals surface area (Å²) in [7, 11) is -3.26. The topological polar surface area (TPSA) is 51.2 Å². The summed E-state index contributed by atoms with van der Waals surface area (Å²) in [5.41, 5.74) is 1.38. The third-order valence-electron chi connectivity index (χ3n) is 2.36. The Balaban J connectivity index is 2.93. The summed E-state index contributed by atoms with van der Waals surface area (Å²) in [5.74, 6) is -0.0569. The number of benzene rings is 1. The first kappa shape index (κ1) is 13.6. The quantitative estimate of drug-likeness (QED) is 0.598. The maximum atomic E-state index is 11.8. The molecule has 4 heteroatoms. The first-order valence-corrected chi connectivity index (χ1v) is 7.17. The highest BCUT2D eigenvalue weighted by atomic mass is 32.2. The Hall–Kier alpha value is -1.42. The van der Waals surface area contributed by atoms with Gasteiger partial charge in [-0.3, -0.25) is 4.79 Å². The standard InChI is InChI=1S/C13H16O3S/c1-10(2)7-8-13(14)11-5-4-6-12(9-11)17(3,15)16/h4-6,9H,1,7-8H2,2-3H3. The smallest absolute Gasteiger partial charge is 0.175 e. The molecule has 0 amide bonds. The van der Waals surface area contributed by atoms with Gasteiger partial charge in [0, 0.05) is 18.2 Å². The van der Waals surface area contributed by atoms with Crippen molar-refractivity contribution in [2.24, 2.45) is 0 Å². The number of carbonyl (C=O) groups excluding carboxylic acids is 1. The molecule has 0 fully saturated rings. The summed E-state index contributed by atoms with van der Waals surface area (Å²) in [6.45, 7) is 5.59. The van der Waals surface area contributed by atoms with Gasteiger partial charge in [0.05, 0.1) is 4.90 Å². The van der Waals surface area contributed by atoms with E-state index in [1.807, 2.05) is 6.92 Å². The Labute approximate surface area is 102 Å². The van der Waals surface area contributed by atoms with Crippen LogP contribution in [0.15, 0.2) is 41.3 Å². The van der Waals surface area contributed by atoms with Gasteiger partial charge in [-0.15, -0.1) is 6.58 Å². The van der Waals surface area contributed by atoms with Gasteiger partial charge < -0.3 is 0 Å². The zero-order valence-electron chi connectivity index (χ0n) is 10.1. The molecule has 0 saturated heterocycles. The molecule has 92 valence electrons. The molecular formula is C13H16O3S. The number of ketones is 1. The summed E-state index contributed by atoms with van der Waals surface area (Å²) in [4.78, 5) is 12.0. The van der Waals surface area contributed by atoms with Crippen LogP contribution in [0.4, 0.5) is 0 Å². The summed E-state index contributed by atoms with van der Waals surface area (Å²) in [6.07, 6.45) is 2.12. The highest BCUT2D eigenvalue weighted by Gasteiger charge is 2.11. The largest absolute Gasteiger partial charge is 0.294 e.